The molecule has 8 nitrogen and oxygen atoms in total. The van der Waals surface area contributed by atoms with E-state index >= 15 is 0 Å². The molecule has 4 heterocycles. The van der Waals surface area contributed by atoms with Gasteiger partial charge in [0.15, 0.2) is 0 Å². The van der Waals surface area contributed by atoms with Crippen LogP contribution in [-0.2, 0) is 23.9 Å². The summed E-state index contributed by atoms with van der Waals surface area (Å²) in [4.78, 5) is 19.0. The molecule has 0 aromatic carbocycles. The molecular formula is C17H24N6O2S. The van der Waals surface area contributed by atoms with Gasteiger partial charge >= 0.3 is 0 Å². The highest BCUT2D eigenvalue weighted by Crippen LogP contribution is 2.44. The van der Waals surface area contributed by atoms with Crippen molar-refractivity contribution in [2.24, 2.45) is 7.05 Å². The maximum absolute atomic E-state index is 12.4. The minimum absolute atomic E-state index is 0.0665. The molecule has 2 fully saturated rings. The molecule has 2 N–H and O–H groups in total. The fourth-order valence-corrected chi connectivity index (χ4v) is 5.04. The number of hydrogen-bond acceptors (Lipinski definition) is 7. The van der Waals surface area contributed by atoms with Crippen LogP contribution in [0.4, 0.5) is 5.13 Å². The van der Waals surface area contributed by atoms with E-state index in [4.69, 9.17) is 0 Å². The lowest BCUT2D eigenvalue weighted by atomic mass is 9.85. The lowest BCUT2D eigenvalue weighted by Gasteiger charge is -2.42. The van der Waals surface area contributed by atoms with Crippen molar-refractivity contribution < 1.29 is 9.90 Å². The van der Waals surface area contributed by atoms with Crippen LogP contribution in [0, 0.1) is 0 Å². The third-order valence-electron chi connectivity index (χ3n) is 5.50. The van der Waals surface area contributed by atoms with Gasteiger partial charge in [-0.1, -0.05) is 18.3 Å². The van der Waals surface area contributed by atoms with Gasteiger partial charge in [-0.3, -0.25) is 15.0 Å². The van der Waals surface area contributed by atoms with E-state index in [1.165, 1.54) is 11.3 Å². The lowest BCUT2D eigenvalue weighted by molar-refractivity contribution is -0.121. The Kier molecular flexibility index (Phi) is 4.54. The predicted molar refractivity (Wildman–Crippen MR) is 97.8 cm³/mol. The number of carbonyl (C=O) groups excluding carboxylic acids is 1. The molecule has 2 aromatic heterocycles. The van der Waals surface area contributed by atoms with Crippen LogP contribution in [0.5, 0.6) is 0 Å². The number of nitrogens with zero attached hydrogens (tertiary/aromatic N) is 5. The van der Waals surface area contributed by atoms with Gasteiger partial charge in [0.25, 0.3) is 0 Å². The van der Waals surface area contributed by atoms with E-state index in [0.717, 1.165) is 30.1 Å². The van der Waals surface area contributed by atoms with Crippen LogP contribution < -0.4 is 5.32 Å². The Labute approximate surface area is 156 Å². The van der Waals surface area contributed by atoms with E-state index < -0.39 is 5.60 Å². The average Bonchev–Trinajstić information content (AvgIpc) is 3.28. The molecule has 9 heteroatoms. The minimum atomic E-state index is -0.910. The van der Waals surface area contributed by atoms with Crippen LogP contribution in [0.25, 0.3) is 0 Å². The van der Waals surface area contributed by atoms with Crippen LogP contribution in [0.3, 0.4) is 0 Å². The summed E-state index contributed by atoms with van der Waals surface area (Å²) >= 11 is 1.42. The summed E-state index contributed by atoms with van der Waals surface area (Å²) in [7, 11) is 1.91. The summed E-state index contributed by atoms with van der Waals surface area (Å²) in [5.74, 6) is 0.655. The highest BCUT2D eigenvalue weighted by Gasteiger charge is 2.50. The molecule has 1 amide bonds. The summed E-state index contributed by atoms with van der Waals surface area (Å²) in [6.07, 6.45) is 7.63. The Balaban J connectivity index is 1.42. The smallest absolute Gasteiger partial charge is 0.240 e. The molecule has 2 aromatic rings. The summed E-state index contributed by atoms with van der Waals surface area (Å²) in [5.41, 5.74) is -0.910. The van der Waals surface area contributed by atoms with Crippen LogP contribution in [0.1, 0.15) is 43.4 Å². The first-order valence-corrected chi connectivity index (χ1v) is 9.88. The molecule has 0 aliphatic carbocycles. The van der Waals surface area contributed by atoms with Crippen LogP contribution in [-0.4, -0.2) is 54.3 Å². The van der Waals surface area contributed by atoms with Crippen molar-refractivity contribution in [1.82, 2.24) is 24.6 Å². The zero-order valence-corrected chi connectivity index (χ0v) is 15.9. The highest BCUT2D eigenvalue weighted by atomic mass is 32.1. The normalized spacial score (nSPS) is 28.4. The van der Waals surface area contributed by atoms with Gasteiger partial charge in [0.1, 0.15) is 16.4 Å². The number of amides is 1. The number of piperidine rings is 1. The maximum atomic E-state index is 12.4. The number of aromatic nitrogens is 4. The molecule has 140 valence electrons. The molecule has 0 spiro atoms. The largest absolute Gasteiger partial charge is 0.382 e. The standard InChI is InChI=1S/C17H24N6O2S/c1-3-14-20-21-16(26-14)19-13(24)10-23-11-4-5-12(23)9-17(25,8-11)15-18-6-7-22(15)2/h6-7,11-12,25H,3-5,8-10H2,1-2H3,(H,19,21,24)/t11-,12+,17?. The fraction of sp³-hybridized carbons (Fsp3) is 0.647. The number of anilines is 1. The SMILES string of the molecule is CCc1nnc(NC(=O)CN2[C@@H]3CC[C@H]2CC(O)(c2nccn2C)C3)s1. The number of imidazole rings is 1. The number of aliphatic hydroxyl groups is 1. The van der Waals surface area contributed by atoms with Gasteiger partial charge in [0, 0.05) is 31.5 Å². The minimum Gasteiger partial charge on any atom is -0.382 e. The third-order valence-corrected chi connectivity index (χ3v) is 6.48. The first-order chi connectivity index (χ1) is 12.5. The van der Waals surface area contributed by atoms with E-state index in [0.29, 0.717) is 24.5 Å². The van der Waals surface area contributed by atoms with E-state index in [9.17, 15) is 9.90 Å². The predicted octanol–water partition coefficient (Wildman–Crippen LogP) is 1.29. The van der Waals surface area contributed by atoms with Crippen LogP contribution >= 0.6 is 11.3 Å². The second-order valence-electron chi connectivity index (χ2n) is 7.26. The zero-order chi connectivity index (χ0) is 18.3. The van der Waals surface area contributed by atoms with Crippen molar-refractivity contribution in [3.05, 3.63) is 23.2 Å². The molecule has 0 saturated carbocycles. The summed E-state index contributed by atoms with van der Waals surface area (Å²) in [5, 5.41) is 23.5. The Hall–Kier alpha value is -1.84. The first kappa shape index (κ1) is 17.6. The van der Waals surface area contributed by atoms with Gasteiger partial charge in [-0.05, 0) is 32.1 Å². The number of aryl methyl sites for hydroxylation is 2. The van der Waals surface area contributed by atoms with Gasteiger partial charge in [-0.15, -0.1) is 10.2 Å². The number of rotatable bonds is 5. The second kappa shape index (κ2) is 6.71. The topological polar surface area (TPSA) is 96.2 Å². The van der Waals surface area contributed by atoms with Crippen molar-refractivity contribution in [2.45, 2.75) is 56.7 Å². The molecular weight excluding hydrogens is 352 g/mol. The first-order valence-electron chi connectivity index (χ1n) is 9.06. The molecule has 2 bridgehead atoms. The summed E-state index contributed by atoms with van der Waals surface area (Å²) in [6.45, 7) is 2.34. The van der Waals surface area contributed by atoms with Gasteiger partial charge in [0.2, 0.25) is 11.0 Å². The van der Waals surface area contributed by atoms with Crippen molar-refractivity contribution in [3.8, 4) is 0 Å². The van der Waals surface area contributed by atoms with Crippen LogP contribution in [0.2, 0.25) is 0 Å². The van der Waals surface area contributed by atoms with Crippen molar-refractivity contribution >= 4 is 22.4 Å². The Morgan fingerprint density at radius 3 is 2.69 bits per heavy atom. The number of carbonyl (C=O) groups is 1. The second-order valence-corrected chi connectivity index (χ2v) is 8.32. The quantitative estimate of drug-likeness (QED) is 0.816. The van der Waals surface area contributed by atoms with Crippen molar-refractivity contribution in [1.29, 1.82) is 0 Å². The Morgan fingerprint density at radius 1 is 1.38 bits per heavy atom. The van der Waals surface area contributed by atoms with E-state index in [1.54, 1.807) is 6.20 Å². The molecule has 0 radical (unpaired) electrons. The number of fused-ring (bicyclic) bond motifs is 2. The molecule has 2 aliphatic rings. The highest BCUT2D eigenvalue weighted by molar-refractivity contribution is 7.15. The number of hydrogen-bond donors (Lipinski definition) is 2. The van der Waals surface area contributed by atoms with Crippen LogP contribution in [0.15, 0.2) is 12.4 Å². The van der Waals surface area contributed by atoms with Crippen molar-refractivity contribution in [2.75, 3.05) is 11.9 Å². The molecule has 26 heavy (non-hydrogen) atoms. The van der Waals surface area contributed by atoms with E-state index in [2.05, 4.69) is 25.4 Å². The Morgan fingerprint density at radius 2 is 2.12 bits per heavy atom. The third kappa shape index (κ3) is 3.15. The van der Waals surface area contributed by atoms with E-state index in [1.807, 2.05) is 24.7 Å². The van der Waals surface area contributed by atoms with Gasteiger partial charge in [-0.25, -0.2) is 4.98 Å². The van der Waals surface area contributed by atoms with Gasteiger partial charge in [-0.2, -0.15) is 0 Å². The maximum Gasteiger partial charge on any atom is 0.240 e. The monoisotopic (exact) mass is 376 g/mol. The van der Waals surface area contributed by atoms with Crippen molar-refractivity contribution in [3.63, 3.8) is 0 Å². The lowest BCUT2D eigenvalue weighted by Crippen LogP contribution is -2.52. The Bertz CT molecular complexity index is 789. The average molecular weight is 376 g/mol. The number of nitrogens with one attached hydrogen (secondary N) is 1. The molecule has 2 aliphatic heterocycles. The summed E-state index contributed by atoms with van der Waals surface area (Å²) in [6, 6.07) is 0.392. The van der Waals surface area contributed by atoms with Gasteiger partial charge in [0.05, 0.1) is 6.54 Å². The van der Waals surface area contributed by atoms with E-state index in [-0.39, 0.29) is 18.0 Å². The molecule has 3 atom stereocenters. The molecule has 4 rings (SSSR count). The fourth-order valence-electron chi connectivity index (χ4n) is 4.34. The molecule has 1 unspecified atom stereocenters. The van der Waals surface area contributed by atoms with Gasteiger partial charge < -0.3 is 9.67 Å². The summed E-state index contributed by atoms with van der Waals surface area (Å²) < 4.78 is 1.89. The molecule has 2 saturated heterocycles. The zero-order valence-electron chi connectivity index (χ0n) is 15.1.